The molecular formula is C19H29Cl2OSSiTi. The quantitative estimate of drug-likeness (QED) is 0.449. The van der Waals surface area contributed by atoms with Gasteiger partial charge in [0.2, 0.25) is 0 Å². The largest absolute Gasteiger partial charge is 1.00 e. The van der Waals surface area contributed by atoms with Crippen LogP contribution >= 0.6 is 11.8 Å². The van der Waals surface area contributed by atoms with Gasteiger partial charge in [-0.05, 0) is 0 Å². The summed E-state index contributed by atoms with van der Waals surface area (Å²) in [5, 5.41) is 0. The number of rotatable bonds is 4. The fraction of sp³-hybridized carbons (Fsp3) is 0.579. The molecule has 1 atom stereocenters. The Balaban J connectivity index is 0.00000288. The minimum Gasteiger partial charge on any atom is -1.00 e. The molecule has 1 unspecified atom stereocenters. The van der Waals surface area contributed by atoms with E-state index in [0.29, 0.717) is 0 Å². The molecule has 139 valence electrons. The van der Waals surface area contributed by atoms with Crippen molar-refractivity contribution in [2.24, 2.45) is 5.41 Å². The van der Waals surface area contributed by atoms with Gasteiger partial charge in [-0.1, -0.05) is 0 Å². The van der Waals surface area contributed by atoms with Crippen molar-refractivity contribution >= 4 is 20.1 Å². The van der Waals surface area contributed by atoms with Crippen LogP contribution in [0.5, 0.6) is 0 Å². The van der Waals surface area contributed by atoms with E-state index < -0.39 is 8.32 Å². The van der Waals surface area contributed by atoms with Crippen molar-refractivity contribution < 1.29 is 49.7 Å². The molecule has 0 fully saturated rings. The van der Waals surface area contributed by atoms with Crippen LogP contribution in [-0.2, 0) is 24.9 Å². The maximum atomic E-state index is 6.88. The van der Waals surface area contributed by atoms with Gasteiger partial charge in [0.15, 0.2) is 0 Å². The molecule has 0 heterocycles. The van der Waals surface area contributed by atoms with Crippen LogP contribution in [0.2, 0.25) is 19.6 Å². The molecule has 0 aromatic heterocycles. The summed E-state index contributed by atoms with van der Waals surface area (Å²) in [4.78, 5) is 1.14. The summed E-state index contributed by atoms with van der Waals surface area (Å²) in [6.45, 7) is 16.0. The number of halogens is 2. The summed E-state index contributed by atoms with van der Waals surface area (Å²) < 4.78 is 8.35. The van der Waals surface area contributed by atoms with Gasteiger partial charge in [-0.15, -0.1) is 0 Å². The van der Waals surface area contributed by atoms with E-state index in [2.05, 4.69) is 92.1 Å². The van der Waals surface area contributed by atoms with Crippen molar-refractivity contribution in [3.05, 3.63) is 44.2 Å². The molecular weight excluding hydrogens is 423 g/mol. The van der Waals surface area contributed by atoms with Gasteiger partial charge >= 0.3 is 160 Å². The van der Waals surface area contributed by atoms with Crippen LogP contribution in [0.3, 0.4) is 0 Å². The van der Waals surface area contributed by atoms with Gasteiger partial charge in [-0.3, -0.25) is 0 Å². The summed E-state index contributed by atoms with van der Waals surface area (Å²) in [5.41, 5.74) is 2.88. The monoisotopic (exact) mass is 451 g/mol. The second-order valence-electron chi connectivity index (χ2n) is 8.48. The predicted molar refractivity (Wildman–Crippen MR) is 101 cm³/mol. The molecule has 0 saturated heterocycles. The van der Waals surface area contributed by atoms with E-state index in [-0.39, 0.29) is 35.2 Å². The molecule has 2 aliphatic carbocycles. The Morgan fingerprint density at radius 1 is 1.20 bits per heavy atom. The fourth-order valence-electron chi connectivity index (χ4n) is 3.06. The zero-order valence-electron chi connectivity index (χ0n) is 16.3. The molecule has 0 aromatic carbocycles. The zero-order chi connectivity index (χ0) is 17.5. The number of hydrogen-bond acceptors (Lipinski definition) is 2. The summed E-state index contributed by atoms with van der Waals surface area (Å²) in [6.07, 6.45) is 11.3. The first-order valence-corrected chi connectivity index (χ1v) is 13.3. The Morgan fingerprint density at radius 2 is 1.80 bits per heavy atom. The summed E-state index contributed by atoms with van der Waals surface area (Å²) >= 11 is 4.19. The second-order valence-corrected chi connectivity index (χ2v) is 15.2. The van der Waals surface area contributed by atoms with Crippen molar-refractivity contribution in [1.29, 1.82) is 0 Å². The number of hydrogen-bond donors (Lipinski definition) is 0. The van der Waals surface area contributed by atoms with E-state index in [1.54, 1.807) is 0 Å². The van der Waals surface area contributed by atoms with Gasteiger partial charge in [0.05, 0.1) is 0 Å². The van der Waals surface area contributed by atoms with Crippen LogP contribution in [-0.4, -0.2) is 13.3 Å². The molecule has 0 spiro atoms. The van der Waals surface area contributed by atoms with Gasteiger partial charge in [-0.25, -0.2) is 0 Å². The third kappa shape index (κ3) is 6.71. The van der Waals surface area contributed by atoms with Crippen molar-refractivity contribution in [3.8, 4) is 0 Å². The van der Waals surface area contributed by atoms with Crippen LogP contribution in [0.15, 0.2) is 44.2 Å². The van der Waals surface area contributed by atoms with E-state index in [0.717, 1.165) is 12.8 Å². The van der Waals surface area contributed by atoms with Crippen molar-refractivity contribution in [2.75, 3.05) is 0 Å². The SMILES string of the molecule is CC1=CCC(O[Si](C)(C)C)(SC2=[C]([Ti+2])CC=C2)C(C(C)(C)C)=C1.[Cl-].[Cl-]. The van der Waals surface area contributed by atoms with E-state index >= 15 is 0 Å². The topological polar surface area (TPSA) is 9.23 Å². The van der Waals surface area contributed by atoms with Crippen LogP contribution in [0.25, 0.3) is 0 Å². The van der Waals surface area contributed by atoms with Crippen molar-refractivity contribution in [1.82, 2.24) is 0 Å². The van der Waals surface area contributed by atoms with Gasteiger partial charge in [0, 0.05) is 0 Å². The Morgan fingerprint density at radius 3 is 2.24 bits per heavy atom. The van der Waals surface area contributed by atoms with Crippen molar-refractivity contribution in [2.45, 2.75) is 65.1 Å². The van der Waals surface area contributed by atoms with Gasteiger partial charge in [0.25, 0.3) is 0 Å². The molecule has 0 aliphatic heterocycles. The van der Waals surface area contributed by atoms with Gasteiger partial charge in [-0.2, -0.15) is 0 Å². The molecule has 2 aliphatic rings. The van der Waals surface area contributed by atoms with Gasteiger partial charge < -0.3 is 24.8 Å². The summed E-state index contributed by atoms with van der Waals surface area (Å²) in [7, 11) is -1.69. The van der Waals surface area contributed by atoms with Crippen LogP contribution in [0.1, 0.15) is 40.5 Å². The zero-order valence-corrected chi connectivity index (χ0v) is 21.2. The average Bonchev–Trinajstić information content (AvgIpc) is 2.75. The molecule has 2 rings (SSSR count). The molecule has 0 aromatic rings. The summed E-state index contributed by atoms with van der Waals surface area (Å²) in [5.74, 6) is 0. The van der Waals surface area contributed by atoms with E-state index in [1.807, 2.05) is 11.8 Å². The Bertz CT molecular complexity index is 612. The van der Waals surface area contributed by atoms with Crippen LogP contribution < -0.4 is 24.8 Å². The molecule has 0 bridgehead atoms. The van der Waals surface area contributed by atoms with E-state index in [9.17, 15) is 0 Å². The molecule has 0 N–H and O–H groups in total. The molecule has 0 radical (unpaired) electrons. The average molecular weight is 452 g/mol. The minimum absolute atomic E-state index is 0. The van der Waals surface area contributed by atoms with Crippen molar-refractivity contribution in [3.63, 3.8) is 0 Å². The molecule has 0 saturated carbocycles. The summed E-state index contributed by atoms with van der Waals surface area (Å²) in [6, 6.07) is 0. The maximum Gasteiger partial charge on any atom is -1.00 e. The van der Waals surface area contributed by atoms with Crippen LogP contribution in [0, 0.1) is 5.41 Å². The Kier molecular flexibility index (Phi) is 9.61. The molecule has 1 nitrogen and oxygen atoms in total. The Hall–Kier alpha value is 0.781. The molecule has 0 amide bonds. The number of allylic oxidation sites excluding steroid dienone is 5. The minimum atomic E-state index is -1.69. The van der Waals surface area contributed by atoms with E-state index in [1.165, 1.54) is 19.9 Å². The maximum absolute atomic E-state index is 6.88. The molecule has 6 heteroatoms. The van der Waals surface area contributed by atoms with Gasteiger partial charge in [0.1, 0.15) is 0 Å². The number of thioether (sulfide) groups is 1. The van der Waals surface area contributed by atoms with E-state index in [4.69, 9.17) is 4.43 Å². The first-order chi connectivity index (χ1) is 10.4. The second kappa shape index (κ2) is 9.32. The third-order valence-electron chi connectivity index (χ3n) is 3.92. The first-order valence-electron chi connectivity index (χ1n) is 8.33. The standard InChI is InChI=1S/C19H29OSSi.2ClH.Ti/c1-15-12-13-19(20-22(5,6)7,17(14-15)18(2,3)4)21-16-10-8-9-11-16;;;/h8,10,12,14H,9,13H2,1-7H3;2*1H;/q;;;+2/p-2. The smallest absolute Gasteiger partial charge is 1.00 e. The Labute approximate surface area is 183 Å². The normalized spacial score (nSPS) is 23.7. The third-order valence-corrected chi connectivity index (χ3v) is 7.45. The first kappa shape index (κ1) is 25.8. The molecule has 25 heavy (non-hydrogen) atoms. The predicted octanol–water partition coefficient (Wildman–Crippen LogP) is 0.316. The fourth-order valence-corrected chi connectivity index (χ4v) is 7.08. The van der Waals surface area contributed by atoms with Crippen LogP contribution in [0.4, 0.5) is 0 Å².